The third-order valence-electron chi connectivity index (χ3n) is 4.60. The smallest absolute Gasteiger partial charge is 0.261 e. The third kappa shape index (κ3) is 4.78. The molecule has 1 atom stereocenters. The zero-order chi connectivity index (χ0) is 20.3. The molecular formula is C22H24ClN3O2. The van der Waals surface area contributed by atoms with Crippen LogP contribution in [0.4, 0.5) is 0 Å². The normalized spacial score (nSPS) is 12.3. The number of carbonyl (C=O) groups is 1. The van der Waals surface area contributed by atoms with Crippen molar-refractivity contribution in [3.8, 4) is 0 Å². The van der Waals surface area contributed by atoms with Crippen molar-refractivity contribution in [1.82, 2.24) is 14.9 Å². The highest BCUT2D eigenvalue weighted by molar-refractivity contribution is 6.31. The lowest BCUT2D eigenvalue weighted by Crippen LogP contribution is -2.34. The standard InChI is InChI=1S/C22H24ClN3O2/c1-14(2)10-16-4-6-17(7-5-16)15(3)25-21(27)12-26-13-24-20-9-8-18(23)11-19(20)22(26)28/h4-9,11,13-15H,10,12H2,1-3H3,(H,25,27)/t15-/m0/s1. The van der Waals surface area contributed by atoms with Crippen LogP contribution in [-0.2, 0) is 17.8 Å². The van der Waals surface area contributed by atoms with Gasteiger partial charge in [-0.05, 0) is 48.6 Å². The van der Waals surface area contributed by atoms with E-state index in [2.05, 4.69) is 36.3 Å². The highest BCUT2D eigenvalue weighted by Crippen LogP contribution is 2.16. The molecule has 0 saturated heterocycles. The number of hydrogen-bond acceptors (Lipinski definition) is 3. The molecule has 5 nitrogen and oxygen atoms in total. The lowest BCUT2D eigenvalue weighted by Gasteiger charge is -2.16. The Hall–Kier alpha value is -2.66. The maximum absolute atomic E-state index is 12.6. The summed E-state index contributed by atoms with van der Waals surface area (Å²) in [7, 11) is 0. The third-order valence-corrected chi connectivity index (χ3v) is 4.84. The molecule has 1 aromatic heterocycles. The van der Waals surface area contributed by atoms with Gasteiger partial charge in [-0.15, -0.1) is 0 Å². The van der Waals surface area contributed by atoms with E-state index in [9.17, 15) is 9.59 Å². The van der Waals surface area contributed by atoms with Gasteiger partial charge >= 0.3 is 0 Å². The first-order valence-electron chi connectivity index (χ1n) is 9.36. The van der Waals surface area contributed by atoms with Crippen molar-refractivity contribution in [2.24, 2.45) is 5.92 Å². The Morgan fingerprint density at radius 3 is 2.54 bits per heavy atom. The van der Waals surface area contributed by atoms with E-state index in [1.807, 2.05) is 19.1 Å². The molecule has 0 unspecified atom stereocenters. The summed E-state index contributed by atoms with van der Waals surface area (Å²) in [6.45, 7) is 6.21. The van der Waals surface area contributed by atoms with E-state index in [0.29, 0.717) is 21.8 Å². The maximum atomic E-state index is 12.6. The van der Waals surface area contributed by atoms with Gasteiger partial charge in [0, 0.05) is 5.02 Å². The minimum atomic E-state index is -0.284. The SMILES string of the molecule is CC(C)Cc1ccc([C@H](C)NC(=O)Cn2cnc3ccc(Cl)cc3c2=O)cc1. The molecule has 1 amide bonds. The number of nitrogens with zero attached hydrogens (tertiary/aromatic N) is 2. The average Bonchev–Trinajstić information content (AvgIpc) is 2.64. The summed E-state index contributed by atoms with van der Waals surface area (Å²) < 4.78 is 1.30. The van der Waals surface area contributed by atoms with Crippen molar-refractivity contribution in [3.05, 3.63) is 75.3 Å². The van der Waals surface area contributed by atoms with Gasteiger partial charge < -0.3 is 5.32 Å². The Balaban J connectivity index is 1.69. The fourth-order valence-electron chi connectivity index (χ4n) is 3.18. The summed E-state index contributed by atoms with van der Waals surface area (Å²) >= 11 is 5.97. The molecule has 0 saturated carbocycles. The van der Waals surface area contributed by atoms with Crippen molar-refractivity contribution >= 4 is 28.4 Å². The van der Waals surface area contributed by atoms with E-state index in [1.165, 1.54) is 16.5 Å². The molecule has 0 aliphatic carbocycles. The van der Waals surface area contributed by atoms with Gasteiger partial charge in [0.25, 0.3) is 5.56 Å². The van der Waals surface area contributed by atoms with Crippen LogP contribution in [-0.4, -0.2) is 15.5 Å². The monoisotopic (exact) mass is 397 g/mol. The van der Waals surface area contributed by atoms with Gasteiger partial charge in [-0.25, -0.2) is 4.98 Å². The van der Waals surface area contributed by atoms with Gasteiger partial charge in [0.05, 0.1) is 23.3 Å². The van der Waals surface area contributed by atoms with Gasteiger partial charge in [0.15, 0.2) is 0 Å². The van der Waals surface area contributed by atoms with Crippen LogP contribution < -0.4 is 10.9 Å². The summed E-state index contributed by atoms with van der Waals surface area (Å²) in [5.41, 5.74) is 2.58. The summed E-state index contributed by atoms with van der Waals surface area (Å²) in [6.07, 6.45) is 2.42. The quantitative estimate of drug-likeness (QED) is 0.680. The minimum Gasteiger partial charge on any atom is -0.348 e. The van der Waals surface area contributed by atoms with Crippen molar-refractivity contribution in [2.75, 3.05) is 0 Å². The van der Waals surface area contributed by atoms with E-state index in [4.69, 9.17) is 11.6 Å². The van der Waals surface area contributed by atoms with Crippen molar-refractivity contribution in [3.63, 3.8) is 0 Å². The highest BCUT2D eigenvalue weighted by Gasteiger charge is 2.12. The van der Waals surface area contributed by atoms with Gasteiger partial charge in [-0.3, -0.25) is 14.2 Å². The number of fused-ring (bicyclic) bond motifs is 1. The zero-order valence-electron chi connectivity index (χ0n) is 16.3. The molecule has 1 heterocycles. The number of halogens is 1. The van der Waals surface area contributed by atoms with Crippen LogP contribution in [0.1, 0.15) is 37.9 Å². The lowest BCUT2D eigenvalue weighted by atomic mass is 10.00. The first kappa shape index (κ1) is 20.1. The van der Waals surface area contributed by atoms with E-state index in [0.717, 1.165) is 12.0 Å². The number of carbonyl (C=O) groups excluding carboxylic acids is 1. The Morgan fingerprint density at radius 1 is 1.14 bits per heavy atom. The summed E-state index contributed by atoms with van der Waals surface area (Å²) in [4.78, 5) is 29.3. The number of amides is 1. The van der Waals surface area contributed by atoms with Crippen LogP contribution >= 0.6 is 11.6 Å². The fraction of sp³-hybridized carbons (Fsp3) is 0.318. The number of aromatic nitrogens is 2. The van der Waals surface area contributed by atoms with E-state index < -0.39 is 0 Å². The molecule has 1 N–H and O–H groups in total. The van der Waals surface area contributed by atoms with Crippen molar-refractivity contribution in [2.45, 2.75) is 39.8 Å². The predicted molar refractivity (Wildman–Crippen MR) is 113 cm³/mol. The second kappa shape index (κ2) is 8.57. The molecular weight excluding hydrogens is 374 g/mol. The fourth-order valence-corrected chi connectivity index (χ4v) is 3.35. The van der Waals surface area contributed by atoms with Crippen LogP contribution in [0.25, 0.3) is 10.9 Å². The van der Waals surface area contributed by atoms with Crippen LogP contribution in [0.3, 0.4) is 0 Å². The molecule has 3 rings (SSSR count). The summed E-state index contributed by atoms with van der Waals surface area (Å²) in [5.74, 6) is 0.357. The van der Waals surface area contributed by atoms with Gasteiger partial charge in [0.1, 0.15) is 6.54 Å². The molecule has 2 aromatic carbocycles. The molecule has 0 bridgehead atoms. The first-order valence-corrected chi connectivity index (χ1v) is 9.74. The molecule has 28 heavy (non-hydrogen) atoms. The zero-order valence-corrected chi connectivity index (χ0v) is 17.0. The topological polar surface area (TPSA) is 64.0 Å². The van der Waals surface area contributed by atoms with Crippen LogP contribution in [0.2, 0.25) is 5.02 Å². The minimum absolute atomic E-state index is 0.0932. The highest BCUT2D eigenvalue weighted by atomic mass is 35.5. The van der Waals surface area contributed by atoms with Crippen molar-refractivity contribution < 1.29 is 4.79 Å². The van der Waals surface area contributed by atoms with Crippen LogP contribution in [0.15, 0.2) is 53.6 Å². The average molecular weight is 398 g/mol. The van der Waals surface area contributed by atoms with Crippen LogP contribution in [0.5, 0.6) is 0 Å². The molecule has 6 heteroatoms. The van der Waals surface area contributed by atoms with E-state index in [1.54, 1.807) is 18.2 Å². The molecule has 0 fully saturated rings. The van der Waals surface area contributed by atoms with Crippen molar-refractivity contribution in [1.29, 1.82) is 0 Å². The molecule has 0 aliphatic heterocycles. The Bertz CT molecular complexity index is 1040. The predicted octanol–water partition coefficient (Wildman–Crippen LogP) is 4.13. The summed E-state index contributed by atoms with van der Waals surface area (Å²) in [5, 5.41) is 3.80. The van der Waals surface area contributed by atoms with Gasteiger partial charge in [-0.2, -0.15) is 0 Å². The maximum Gasteiger partial charge on any atom is 0.261 e. The Kier molecular flexibility index (Phi) is 6.15. The van der Waals surface area contributed by atoms with E-state index in [-0.39, 0.29) is 24.1 Å². The number of hydrogen-bond donors (Lipinski definition) is 1. The second-order valence-electron chi connectivity index (χ2n) is 7.47. The number of rotatable bonds is 6. The molecule has 0 spiro atoms. The summed E-state index contributed by atoms with van der Waals surface area (Å²) in [6, 6.07) is 13.1. The Labute approximate surface area is 169 Å². The molecule has 0 aliphatic rings. The molecule has 0 radical (unpaired) electrons. The second-order valence-corrected chi connectivity index (χ2v) is 7.90. The molecule has 146 valence electrons. The number of nitrogens with one attached hydrogen (secondary N) is 1. The number of benzene rings is 2. The van der Waals surface area contributed by atoms with Gasteiger partial charge in [-0.1, -0.05) is 49.7 Å². The molecule has 3 aromatic rings. The van der Waals surface area contributed by atoms with Gasteiger partial charge in [0.2, 0.25) is 5.91 Å². The Morgan fingerprint density at radius 2 is 1.86 bits per heavy atom. The largest absolute Gasteiger partial charge is 0.348 e. The van der Waals surface area contributed by atoms with E-state index >= 15 is 0 Å². The van der Waals surface area contributed by atoms with Crippen LogP contribution in [0, 0.1) is 5.92 Å². The first-order chi connectivity index (χ1) is 13.3. The lowest BCUT2D eigenvalue weighted by molar-refractivity contribution is -0.122.